The smallest absolute Gasteiger partial charge is 0.258 e. The summed E-state index contributed by atoms with van der Waals surface area (Å²) in [6, 6.07) is 11.4. The number of amides is 2. The zero-order valence-electron chi connectivity index (χ0n) is 17.0. The van der Waals surface area contributed by atoms with Gasteiger partial charge in [0.2, 0.25) is 0 Å². The van der Waals surface area contributed by atoms with E-state index in [1.165, 1.54) is 17.0 Å². The molecule has 0 unspecified atom stereocenters. The maximum atomic E-state index is 13.5. The molecule has 1 aliphatic rings. The van der Waals surface area contributed by atoms with Crippen molar-refractivity contribution in [2.75, 3.05) is 16.8 Å². The van der Waals surface area contributed by atoms with Crippen molar-refractivity contribution in [1.82, 2.24) is 0 Å². The molecule has 6 heteroatoms. The number of thiophene rings is 1. The standard InChI is InChI=1S/C24H23FN2O2S/c1-15-6-7-17(25)14-20(15)23(28)26-18-8-9-19(16(2)13-18)24(29)27-11-4-3-5-22-21(27)10-12-30-22/h6-10,12-14H,3-5,11H2,1-2H3,(H,26,28). The van der Waals surface area contributed by atoms with E-state index in [0.29, 0.717) is 28.9 Å². The molecule has 0 radical (unpaired) electrons. The predicted molar refractivity (Wildman–Crippen MR) is 119 cm³/mol. The van der Waals surface area contributed by atoms with Crippen LogP contribution in [0.25, 0.3) is 0 Å². The third kappa shape index (κ3) is 4.00. The minimum absolute atomic E-state index is 0.0205. The van der Waals surface area contributed by atoms with Crippen LogP contribution in [0.15, 0.2) is 47.8 Å². The molecule has 4 rings (SSSR count). The van der Waals surface area contributed by atoms with Crippen molar-refractivity contribution in [2.24, 2.45) is 0 Å². The van der Waals surface area contributed by atoms with Crippen molar-refractivity contribution in [3.8, 4) is 0 Å². The molecule has 1 aromatic heterocycles. The molecule has 0 bridgehead atoms. The molecular weight excluding hydrogens is 399 g/mol. The number of hydrogen-bond donors (Lipinski definition) is 1. The molecule has 30 heavy (non-hydrogen) atoms. The third-order valence-corrected chi connectivity index (χ3v) is 6.42. The van der Waals surface area contributed by atoms with Gasteiger partial charge in [-0.25, -0.2) is 4.39 Å². The van der Waals surface area contributed by atoms with E-state index in [1.54, 1.807) is 42.5 Å². The minimum Gasteiger partial charge on any atom is -0.322 e. The zero-order chi connectivity index (χ0) is 21.3. The van der Waals surface area contributed by atoms with E-state index in [2.05, 4.69) is 5.32 Å². The molecule has 1 aliphatic heterocycles. The van der Waals surface area contributed by atoms with Crippen molar-refractivity contribution >= 4 is 34.5 Å². The lowest BCUT2D eigenvalue weighted by atomic mass is 10.0. The van der Waals surface area contributed by atoms with Crippen LogP contribution in [-0.4, -0.2) is 18.4 Å². The first-order valence-electron chi connectivity index (χ1n) is 10.0. The Labute approximate surface area is 179 Å². The lowest BCUT2D eigenvalue weighted by Gasteiger charge is -2.22. The number of anilines is 2. The number of halogens is 1. The molecule has 0 saturated heterocycles. The average molecular weight is 423 g/mol. The molecule has 0 atom stereocenters. The van der Waals surface area contributed by atoms with Gasteiger partial charge in [0.25, 0.3) is 11.8 Å². The molecule has 0 saturated carbocycles. The Morgan fingerprint density at radius 2 is 1.83 bits per heavy atom. The van der Waals surface area contributed by atoms with Crippen LogP contribution in [0.4, 0.5) is 15.8 Å². The van der Waals surface area contributed by atoms with Crippen molar-refractivity contribution in [1.29, 1.82) is 0 Å². The number of aryl methyl sites for hydroxylation is 3. The Bertz CT molecular complexity index is 1120. The van der Waals surface area contributed by atoms with Crippen molar-refractivity contribution in [3.63, 3.8) is 0 Å². The molecular formula is C24H23FN2O2S. The summed E-state index contributed by atoms with van der Waals surface area (Å²) in [6.45, 7) is 4.34. The monoisotopic (exact) mass is 422 g/mol. The van der Waals surface area contributed by atoms with Gasteiger partial charge in [-0.05, 0) is 86.0 Å². The van der Waals surface area contributed by atoms with Crippen LogP contribution in [0.5, 0.6) is 0 Å². The summed E-state index contributed by atoms with van der Waals surface area (Å²) in [5.41, 5.74) is 3.99. The highest BCUT2D eigenvalue weighted by Gasteiger charge is 2.24. The van der Waals surface area contributed by atoms with Crippen LogP contribution in [0.3, 0.4) is 0 Å². The van der Waals surface area contributed by atoms with Crippen molar-refractivity contribution < 1.29 is 14.0 Å². The van der Waals surface area contributed by atoms with Gasteiger partial charge in [0.15, 0.2) is 0 Å². The number of carbonyl (C=O) groups excluding carboxylic acids is 2. The molecule has 4 nitrogen and oxygen atoms in total. The first-order chi connectivity index (χ1) is 14.4. The van der Waals surface area contributed by atoms with Crippen molar-refractivity contribution in [2.45, 2.75) is 33.1 Å². The van der Waals surface area contributed by atoms with Crippen LogP contribution < -0.4 is 10.2 Å². The molecule has 0 spiro atoms. The van der Waals surface area contributed by atoms with Gasteiger partial charge < -0.3 is 10.2 Å². The summed E-state index contributed by atoms with van der Waals surface area (Å²) in [6.07, 6.45) is 3.08. The summed E-state index contributed by atoms with van der Waals surface area (Å²) in [5, 5.41) is 4.84. The number of hydrogen-bond acceptors (Lipinski definition) is 3. The molecule has 2 heterocycles. The first-order valence-corrected chi connectivity index (χ1v) is 10.9. The normalized spacial score (nSPS) is 13.5. The van der Waals surface area contributed by atoms with E-state index in [0.717, 1.165) is 30.5 Å². The number of fused-ring (bicyclic) bond motifs is 1. The summed E-state index contributed by atoms with van der Waals surface area (Å²) in [5.74, 6) is -0.845. The Kier molecular flexibility index (Phi) is 5.68. The molecule has 2 aromatic carbocycles. The van der Waals surface area contributed by atoms with Gasteiger partial charge in [-0.1, -0.05) is 6.07 Å². The van der Waals surface area contributed by atoms with E-state index in [9.17, 15) is 14.0 Å². The zero-order valence-corrected chi connectivity index (χ0v) is 17.8. The number of carbonyl (C=O) groups is 2. The summed E-state index contributed by atoms with van der Waals surface area (Å²) in [4.78, 5) is 29.0. The Balaban J connectivity index is 1.56. The maximum absolute atomic E-state index is 13.5. The lowest BCUT2D eigenvalue weighted by Crippen LogP contribution is -2.31. The summed E-state index contributed by atoms with van der Waals surface area (Å²) >= 11 is 1.70. The van der Waals surface area contributed by atoms with E-state index in [-0.39, 0.29) is 11.8 Å². The van der Waals surface area contributed by atoms with E-state index in [1.807, 2.05) is 23.3 Å². The number of nitrogens with one attached hydrogen (secondary N) is 1. The molecule has 1 N–H and O–H groups in total. The Morgan fingerprint density at radius 3 is 2.63 bits per heavy atom. The molecule has 0 fully saturated rings. The van der Waals surface area contributed by atoms with E-state index < -0.39 is 5.82 Å². The fourth-order valence-electron chi connectivity index (χ4n) is 3.81. The average Bonchev–Trinajstić information content (AvgIpc) is 3.08. The predicted octanol–water partition coefficient (Wildman–Crippen LogP) is 5.74. The molecule has 3 aromatic rings. The van der Waals surface area contributed by atoms with Crippen LogP contribution in [-0.2, 0) is 6.42 Å². The highest BCUT2D eigenvalue weighted by molar-refractivity contribution is 7.10. The second-order valence-electron chi connectivity index (χ2n) is 7.59. The molecule has 154 valence electrons. The van der Waals surface area contributed by atoms with Crippen molar-refractivity contribution in [3.05, 3.63) is 80.8 Å². The number of benzene rings is 2. The van der Waals surface area contributed by atoms with Crippen LogP contribution >= 0.6 is 11.3 Å². The second kappa shape index (κ2) is 8.40. The maximum Gasteiger partial charge on any atom is 0.258 e. The second-order valence-corrected chi connectivity index (χ2v) is 8.59. The van der Waals surface area contributed by atoms with Gasteiger partial charge in [-0.2, -0.15) is 0 Å². The summed E-state index contributed by atoms with van der Waals surface area (Å²) in [7, 11) is 0. The van der Waals surface area contributed by atoms with Crippen LogP contribution in [0.1, 0.15) is 49.6 Å². The summed E-state index contributed by atoms with van der Waals surface area (Å²) < 4.78 is 13.5. The first kappa shape index (κ1) is 20.3. The topological polar surface area (TPSA) is 49.4 Å². The third-order valence-electron chi connectivity index (χ3n) is 5.45. The lowest BCUT2D eigenvalue weighted by molar-refractivity contribution is 0.0985. The molecule has 0 aliphatic carbocycles. The van der Waals surface area contributed by atoms with Gasteiger partial charge in [0, 0.05) is 28.2 Å². The fraction of sp³-hybridized carbons (Fsp3) is 0.250. The quantitative estimate of drug-likeness (QED) is 0.585. The highest BCUT2D eigenvalue weighted by Crippen LogP contribution is 2.32. The van der Waals surface area contributed by atoms with Gasteiger partial charge >= 0.3 is 0 Å². The fourth-order valence-corrected chi connectivity index (χ4v) is 4.73. The van der Waals surface area contributed by atoms with Crippen LogP contribution in [0, 0.1) is 19.7 Å². The van der Waals surface area contributed by atoms with E-state index in [4.69, 9.17) is 0 Å². The Morgan fingerprint density at radius 1 is 1.00 bits per heavy atom. The van der Waals surface area contributed by atoms with Crippen LogP contribution in [0.2, 0.25) is 0 Å². The Hall–Kier alpha value is -2.99. The minimum atomic E-state index is -0.451. The van der Waals surface area contributed by atoms with E-state index >= 15 is 0 Å². The SMILES string of the molecule is Cc1ccc(F)cc1C(=O)Nc1ccc(C(=O)N2CCCCc3sccc32)c(C)c1. The van der Waals surface area contributed by atoms with Gasteiger partial charge in [-0.3, -0.25) is 9.59 Å². The molecule has 2 amide bonds. The van der Waals surface area contributed by atoms with Gasteiger partial charge in [0.1, 0.15) is 5.82 Å². The number of rotatable bonds is 3. The highest BCUT2D eigenvalue weighted by atomic mass is 32.1. The van der Waals surface area contributed by atoms with Gasteiger partial charge in [-0.15, -0.1) is 11.3 Å². The largest absolute Gasteiger partial charge is 0.322 e. The van der Waals surface area contributed by atoms with Gasteiger partial charge in [0.05, 0.1) is 5.69 Å². The number of nitrogens with zero attached hydrogens (tertiary/aromatic N) is 1.